The molecule has 0 aromatic carbocycles. The summed E-state index contributed by atoms with van der Waals surface area (Å²) >= 11 is 0. The Balaban J connectivity index is 0. The number of hydrogen-bond acceptors (Lipinski definition) is 5. The molecule has 0 spiro atoms. The second kappa shape index (κ2) is 185. The van der Waals surface area contributed by atoms with Crippen LogP contribution in [0.1, 0.15) is 0 Å². The summed E-state index contributed by atoms with van der Waals surface area (Å²) in [6, 6.07) is 0. The number of rotatable bonds is 0. The Morgan fingerprint density at radius 2 is 0.500 bits per heavy atom. The Kier molecular flexibility index (Phi) is 6090. The molecule has 0 atom stereocenters. The second-order valence-corrected chi connectivity index (χ2v) is 0. The van der Waals surface area contributed by atoms with Crippen LogP contribution in [0.25, 0.3) is 0 Å². The molecule has 0 rings (SSSR count). The molecule has 8 heavy (non-hydrogen) atoms. The van der Waals surface area contributed by atoms with E-state index >= 15 is 0 Å². The third kappa shape index (κ3) is 124. The monoisotopic (exact) mass is 281 g/mol. The summed E-state index contributed by atoms with van der Waals surface area (Å²) in [4.78, 5) is 0. The van der Waals surface area contributed by atoms with Gasteiger partial charge in [-0.05, 0) is 0 Å². The topological polar surface area (TPSA) is 150 Å². The molecule has 0 heterocycles. The van der Waals surface area contributed by atoms with Crippen molar-refractivity contribution in [1.29, 1.82) is 0 Å². The molecule has 0 saturated carbocycles. The van der Waals surface area contributed by atoms with E-state index in [4.69, 9.17) is 0 Å². The molecule has 0 bridgehead atoms. The maximum atomic E-state index is 0. The molecule has 5 N–H and O–H groups in total. The fourth-order valence-corrected chi connectivity index (χ4v) is 0. The van der Waals surface area contributed by atoms with Gasteiger partial charge in [-0.15, -0.1) is 0 Å². The van der Waals surface area contributed by atoms with Gasteiger partial charge in [0.05, 0.1) is 0 Å². The Hall–Kier alpha value is 1.66. The normalized spacial score (nSPS) is 0. The van der Waals surface area contributed by atoms with E-state index in [0.717, 1.165) is 0 Å². The molecule has 0 aliphatic heterocycles. The van der Waals surface area contributed by atoms with Crippen molar-refractivity contribution in [3.8, 4) is 0 Å². The maximum Gasteiger partial charge on any atom is 0 e. The van der Waals surface area contributed by atoms with Gasteiger partial charge in [0.1, 0.15) is 0 Å². The Bertz CT molecular complexity index is 12.4. The number of hydrogen-bond donors (Lipinski definition) is 0. The van der Waals surface area contributed by atoms with Crippen LogP contribution in [0.5, 0.6) is 0 Å². The van der Waals surface area contributed by atoms with Gasteiger partial charge in [-0.3, -0.25) is 0 Å². The molecule has 0 fully saturated rings. The van der Waals surface area contributed by atoms with Crippen molar-refractivity contribution in [2.45, 2.75) is 0 Å². The summed E-state index contributed by atoms with van der Waals surface area (Å²) < 4.78 is 0. The zero-order valence-electron chi connectivity index (χ0n) is 3.54. The predicted molar refractivity (Wildman–Crippen MR) is 9.68 cm³/mol. The van der Waals surface area contributed by atoms with E-state index < -0.39 is 0 Å². The Morgan fingerprint density at radius 3 is 0.500 bits per heavy atom. The fourth-order valence-electron chi connectivity index (χ4n) is 0. The third-order valence-electron chi connectivity index (χ3n) is 0. The summed E-state index contributed by atoms with van der Waals surface area (Å²) in [5.41, 5.74) is 0. The molecule has 56 valence electrons. The zero-order valence-corrected chi connectivity index (χ0v) is 8.41. The molecule has 0 aliphatic rings. The van der Waals surface area contributed by atoms with Gasteiger partial charge >= 0.3 is 0 Å². The minimum Gasteiger partial charge on any atom is -0.870 e. The van der Waals surface area contributed by atoms with Crippen LogP contribution in [-0.2, 0) is 58.3 Å². The standard InChI is InChI=1S/Cr.Nb.5H2O.V/h;;5*1H2;/p-5. The van der Waals surface area contributed by atoms with Crippen molar-refractivity contribution in [1.82, 2.24) is 0 Å². The van der Waals surface area contributed by atoms with Crippen LogP contribution in [0.4, 0.5) is 0 Å². The summed E-state index contributed by atoms with van der Waals surface area (Å²) in [6.45, 7) is 0. The Morgan fingerprint density at radius 1 is 0.500 bits per heavy atom. The summed E-state index contributed by atoms with van der Waals surface area (Å²) in [5.74, 6) is 0. The van der Waals surface area contributed by atoms with E-state index in [1.54, 1.807) is 0 Å². The molecule has 0 amide bonds. The molecule has 0 aliphatic carbocycles. The van der Waals surface area contributed by atoms with Gasteiger partial charge in [0.15, 0.2) is 0 Å². The van der Waals surface area contributed by atoms with Crippen LogP contribution in [0.3, 0.4) is 0 Å². The van der Waals surface area contributed by atoms with Crippen molar-refractivity contribution < 1.29 is 85.7 Å². The van der Waals surface area contributed by atoms with Gasteiger partial charge in [0.2, 0.25) is 0 Å². The molecular formula is H5CrNbO5V-5. The molecule has 5 nitrogen and oxygen atoms in total. The SMILES string of the molecule is [Cr].[Nb].[OH-].[OH-].[OH-].[OH-].[OH-].[V]. The van der Waals surface area contributed by atoms with Crippen LogP contribution in [0.15, 0.2) is 0 Å². The first-order chi connectivity index (χ1) is 0. The van der Waals surface area contributed by atoms with Gasteiger partial charge in [0.25, 0.3) is 0 Å². The molecule has 8 heteroatoms. The molecule has 2 radical (unpaired) electrons. The average molecular weight is 281 g/mol. The fraction of sp³-hybridized carbons (Fsp3) is 0. The van der Waals surface area contributed by atoms with Gasteiger partial charge in [-0.2, -0.15) is 0 Å². The van der Waals surface area contributed by atoms with Crippen LogP contribution >= 0.6 is 0 Å². The van der Waals surface area contributed by atoms with Crippen molar-refractivity contribution in [3.63, 3.8) is 0 Å². The quantitative estimate of drug-likeness (QED) is 0.527. The van der Waals surface area contributed by atoms with Crippen LogP contribution in [-0.4, -0.2) is 27.4 Å². The van der Waals surface area contributed by atoms with Gasteiger partial charge in [-0.25, -0.2) is 0 Å². The van der Waals surface area contributed by atoms with Crippen molar-refractivity contribution in [2.24, 2.45) is 0 Å². The third-order valence-corrected chi connectivity index (χ3v) is 0. The van der Waals surface area contributed by atoms with Gasteiger partial charge in [0, 0.05) is 58.3 Å². The van der Waals surface area contributed by atoms with Crippen molar-refractivity contribution >= 4 is 0 Å². The first kappa shape index (κ1) is 264. The first-order valence-electron chi connectivity index (χ1n) is 0. The molecule has 0 aromatic rings. The second-order valence-electron chi connectivity index (χ2n) is 0. The predicted octanol–water partition coefficient (Wildman–Crippen LogP) is -0.891. The van der Waals surface area contributed by atoms with E-state index in [-0.39, 0.29) is 85.7 Å². The van der Waals surface area contributed by atoms with Crippen LogP contribution < -0.4 is 0 Å². The largest absolute Gasteiger partial charge is 0.870 e. The summed E-state index contributed by atoms with van der Waals surface area (Å²) in [6.07, 6.45) is 0. The summed E-state index contributed by atoms with van der Waals surface area (Å²) in [7, 11) is 0. The van der Waals surface area contributed by atoms with Gasteiger partial charge < -0.3 is 27.4 Å². The van der Waals surface area contributed by atoms with Crippen molar-refractivity contribution in [3.05, 3.63) is 0 Å². The minimum atomic E-state index is 0. The van der Waals surface area contributed by atoms with E-state index in [9.17, 15) is 0 Å². The van der Waals surface area contributed by atoms with E-state index in [1.807, 2.05) is 0 Å². The van der Waals surface area contributed by atoms with Crippen LogP contribution in [0, 0.1) is 0 Å². The van der Waals surface area contributed by atoms with Crippen molar-refractivity contribution in [2.75, 3.05) is 0 Å². The van der Waals surface area contributed by atoms with E-state index in [2.05, 4.69) is 0 Å². The van der Waals surface area contributed by atoms with E-state index in [1.165, 1.54) is 0 Å². The van der Waals surface area contributed by atoms with Gasteiger partial charge in [-0.1, -0.05) is 0 Å². The smallest absolute Gasteiger partial charge is 0 e. The Labute approximate surface area is 85.3 Å². The first-order valence-corrected chi connectivity index (χ1v) is 0. The molecule has 0 aromatic heterocycles. The molecule has 0 unspecified atom stereocenters. The van der Waals surface area contributed by atoms with Crippen LogP contribution in [0.2, 0.25) is 0 Å². The minimum absolute atomic E-state index is 0. The molecule has 0 saturated heterocycles. The average Bonchev–Trinajstić information content (AvgIpc) is 0. The zero-order chi connectivity index (χ0) is 0. The summed E-state index contributed by atoms with van der Waals surface area (Å²) in [5, 5.41) is 0. The maximum absolute atomic E-state index is 0. The molecular weight excluding hydrogens is 276 g/mol. The van der Waals surface area contributed by atoms with E-state index in [0.29, 0.717) is 0 Å².